The van der Waals surface area contributed by atoms with Crippen molar-refractivity contribution in [2.24, 2.45) is 0 Å². The third-order valence-electron chi connectivity index (χ3n) is 4.97. The Balaban J connectivity index is 1.98. The van der Waals surface area contributed by atoms with Crippen LogP contribution in [-0.4, -0.2) is 28.8 Å². The highest BCUT2D eigenvalue weighted by Gasteiger charge is 2.49. The summed E-state index contributed by atoms with van der Waals surface area (Å²) in [5.41, 5.74) is -0.422. The number of nitrogens with zero attached hydrogens (tertiary/aromatic N) is 1. The fraction of sp³-hybridized carbons (Fsp3) is 0.600. The van der Waals surface area contributed by atoms with Gasteiger partial charge in [-0.3, -0.25) is 9.59 Å². The summed E-state index contributed by atoms with van der Waals surface area (Å²) in [6.45, 7) is 3.33. The molecule has 1 amide bonds. The van der Waals surface area contributed by atoms with Crippen molar-refractivity contribution >= 4 is 5.91 Å². The van der Waals surface area contributed by atoms with E-state index in [4.69, 9.17) is 9.47 Å². The van der Waals surface area contributed by atoms with Crippen LogP contribution in [0.3, 0.4) is 0 Å². The lowest BCUT2D eigenvalue weighted by Gasteiger charge is -2.33. The van der Waals surface area contributed by atoms with Crippen LogP contribution >= 0.6 is 0 Å². The summed E-state index contributed by atoms with van der Waals surface area (Å²) in [7, 11) is 0. The summed E-state index contributed by atoms with van der Waals surface area (Å²) in [5.74, 6) is -1.37. The zero-order chi connectivity index (χ0) is 15.5. The molecule has 0 aliphatic carbocycles. The van der Waals surface area contributed by atoms with E-state index in [1.165, 1.54) is 0 Å². The number of carbonyl (C=O) groups excluding carboxylic acids is 1. The fourth-order valence-electron chi connectivity index (χ4n) is 3.69. The summed E-state index contributed by atoms with van der Waals surface area (Å²) in [4.78, 5) is 24.8. The predicted molar refractivity (Wildman–Crippen MR) is 74.9 cm³/mol. The minimum Gasteiger partial charge on any atom is -0.375 e. The zero-order valence-corrected chi connectivity index (χ0v) is 12.3. The van der Waals surface area contributed by atoms with Crippen molar-refractivity contribution in [2.45, 2.75) is 44.2 Å². The van der Waals surface area contributed by atoms with Crippen molar-refractivity contribution in [3.05, 3.63) is 33.2 Å². The molecular formula is C15H18N2O5. The third-order valence-corrected chi connectivity index (χ3v) is 4.97. The van der Waals surface area contributed by atoms with E-state index >= 15 is 0 Å². The average molecular weight is 306 g/mol. The second-order valence-electron chi connectivity index (χ2n) is 5.97. The standard InChI is InChI=1S/C15H18N2O5/c1-2-14(20)10-7-11-15(21-5-6-22-15)3-4-17(11)12(18)9(10)8-16-13(14)19/h7,20H,2-6,8H2,1H3,(H,16,19). The Hall–Kier alpha value is -1.70. The van der Waals surface area contributed by atoms with Crippen LogP contribution in [-0.2, 0) is 38.7 Å². The van der Waals surface area contributed by atoms with Gasteiger partial charge < -0.3 is 24.5 Å². The summed E-state index contributed by atoms with van der Waals surface area (Å²) in [5, 5.41) is 13.4. The van der Waals surface area contributed by atoms with Gasteiger partial charge in [0.1, 0.15) is 0 Å². The summed E-state index contributed by atoms with van der Waals surface area (Å²) in [6.07, 6.45) is 0.764. The molecule has 22 heavy (non-hydrogen) atoms. The highest BCUT2D eigenvalue weighted by Crippen LogP contribution is 2.42. The molecule has 0 bridgehead atoms. The van der Waals surface area contributed by atoms with Gasteiger partial charge in [-0.05, 0) is 12.5 Å². The SMILES string of the molecule is CCC1(O)C(=O)NCc2c1cc1n(c2=O)CCC12OCCO2. The van der Waals surface area contributed by atoms with Crippen LogP contribution in [0.4, 0.5) is 0 Å². The van der Waals surface area contributed by atoms with Crippen molar-refractivity contribution in [1.82, 2.24) is 9.88 Å². The Morgan fingerprint density at radius 2 is 2.09 bits per heavy atom. The van der Waals surface area contributed by atoms with Gasteiger partial charge in [0.15, 0.2) is 5.60 Å². The first-order valence-electron chi connectivity index (χ1n) is 7.58. The molecule has 2 N–H and O–H groups in total. The normalized spacial score (nSPS) is 28.5. The molecule has 0 saturated carbocycles. The van der Waals surface area contributed by atoms with E-state index in [0.717, 1.165) is 0 Å². The highest BCUT2D eigenvalue weighted by molar-refractivity contribution is 5.88. The molecule has 118 valence electrons. The first-order chi connectivity index (χ1) is 10.5. The fourth-order valence-corrected chi connectivity index (χ4v) is 3.69. The van der Waals surface area contributed by atoms with E-state index in [1.54, 1.807) is 17.6 Å². The van der Waals surface area contributed by atoms with E-state index in [2.05, 4.69) is 5.32 Å². The Morgan fingerprint density at radius 1 is 1.36 bits per heavy atom. The largest absolute Gasteiger partial charge is 0.375 e. The Bertz CT molecular complexity index is 719. The number of carbonyl (C=O) groups is 1. The van der Waals surface area contributed by atoms with E-state index in [9.17, 15) is 14.7 Å². The maximum atomic E-state index is 12.7. The number of fused-ring (bicyclic) bond motifs is 3. The van der Waals surface area contributed by atoms with Gasteiger partial charge in [0.05, 0.1) is 18.9 Å². The average Bonchev–Trinajstić information content (AvgIpc) is 3.13. The van der Waals surface area contributed by atoms with Gasteiger partial charge in [-0.2, -0.15) is 0 Å². The lowest BCUT2D eigenvalue weighted by atomic mass is 9.84. The molecule has 1 spiro atoms. The number of hydrogen-bond donors (Lipinski definition) is 2. The van der Waals surface area contributed by atoms with E-state index in [1.807, 2.05) is 0 Å². The van der Waals surface area contributed by atoms with Crippen molar-refractivity contribution in [2.75, 3.05) is 13.2 Å². The van der Waals surface area contributed by atoms with Crippen molar-refractivity contribution in [1.29, 1.82) is 0 Å². The summed E-state index contributed by atoms with van der Waals surface area (Å²) < 4.78 is 13.1. The quantitative estimate of drug-likeness (QED) is 0.742. The number of nitrogens with one attached hydrogen (secondary N) is 1. The lowest BCUT2D eigenvalue weighted by molar-refractivity contribution is -0.163. The molecule has 7 nitrogen and oxygen atoms in total. The Kier molecular flexibility index (Phi) is 2.79. The molecule has 3 aliphatic heterocycles. The predicted octanol–water partition coefficient (Wildman–Crippen LogP) is -0.321. The minimum absolute atomic E-state index is 0.143. The van der Waals surface area contributed by atoms with Gasteiger partial charge in [0.25, 0.3) is 11.5 Å². The number of pyridine rings is 1. The molecule has 1 aromatic heterocycles. The van der Waals surface area contributed by atoms with Crippen molar-refractivity contribution in [3.8, 4) is 0 Å². The van der Waals surface area contributed by atoms with Gasteiger partial charge in [-0.15, -0.1) is 0 Å². The van der Waals surface area contributed by atoms with Crippen LogP contribution < -0.4 is 10.9 Å². The van der Waals surface area contributed by atoms with Crippen LogP contribution in [0, 0.1) is 0 Å². The second-order valence-corrected chi connectivity index (χ2v) is 5.97. The number of aromatic nitrogens is 1. The van der Waals surface area contributed by atoms with Gasteiger partial charge in [0.2, 0.25) is 5.79 Å². The van der Waals surface area contributed by atoms with Crippen LogP contribution in [0.1, 0.15) is 36.6 Å². The molecular weight excluding hydrogens is 288 g/mol. The van der Waals surface area contributed by atoms with Gasteiger partial charge in [-0.25, -0.2) is 0 Å². The van der Waals surface area contributed by atoms with E-state index in [0.29, 0.717) is 43.0 Å². The molecule has 0 radical (unpaired) electrons. The molecule has 1 unspecified atom stereocenters. The topological polar surface area (TPSA) is 89.8 Å². The van der Waals surface area contributed by atoms with Crippen molar-refractivity contribution < 1.29 is 19.4 Å². The molecule has 1 fully saturated rings. The Labute approximate surface area is 126 Å². The smallest absolute Gasteiger partial charge is 0.256 e. The molecule has 1 aromatic rings. The van der Waals surface area contributed by atoms with Gasteiger partial charge >= 0.3 is 0 Å². The minimum atomic E-state index is -1.68. The lowest BCUT2D eigenvalue weighted by Crippen LogP contribution is -2.51. The number of rotatable bonds is 1. The van der Waals surface area contributed by atoms with Crippen molar-refractivity contribution in [3.63, 3.8) is 0 Å². The second kappa shape index (κ2) is 4.41. The van der Waals surface area contributed by atoms with Crippen LogP contribution in [0.2, 0.25) is 0 Å². The molecule has 0 aromatic carbocycles. The van der Waals surface area contributed by atoms with E-state index in [-0.39, 0.29) is 18.5 Å². The van der Waals surface area contributed by atoms with E-state index < -0.39 is 17.3 Å². The Morgan fingerprint density at radius 3 is 2.77 bits per heavy atom. The maximum absolute atomic E-state index is 12.7. The highest BCUT2D eigenvalue weighted by atomic mass is 16.7. The first-order valence-corrected chi connectivity index (χ1v) is 7.58. The maximum Gasteiger partial charge on any atom is 0.256 e. The number of ether oxygens (including phenoxy) is 2. The van der Waals surface area contributed by atoms with Crippen LogP contribution in [0.25, 0.3) is 0 Å². The summed E-state index contributed by atoms with van der Waals surface area (Å²) >= 11 is 0. The third kappa shape index (κ3) is 1.56. The zero-order valence-electron chi connectivity index (χ0n) is 12.3. The molecule has 4 rings (SSSR count). The molecule has 4 heterocycles. The van der Waals surface area contributed by atoms with Crippen LogP contribution in [0.5, 0.6) is 0 Å². The summed E-state index contributed by atoms with van der Waals surface area (Å²) in [6, 6.07) is 1.72. The molecule has 7 heteroatoms. The van der Waals surface area contributed by atoms with Crippen LogP contribution in [0.15, 0.2) is 10.9 Å². The molecule has 1 saturated heterocycles. The monoisotopic (exact) mass is 306 g/mol. The number of hydrogen-bond acceptors (Lipinski definition) is 5. The van der Waals surface area contributed by atoms with Gasteiger partial charge in [0, 0.05) is 30.6 Å². The molecule has 3 aliphatic rings. The van der Waals surface area contributed by atoms with Gasteiger partial charge in [-0.1, -0.05) is 6.92 Å². The number of amides is 1. The molecule has 1 atom stereocenters. The first kappa shape index (κ1) is 13.9. The number of aliphatic hydroxyl groups is 1.